The number of hydrogen-bond donors (Lipinski definition) is 1. The van der Waals surface area contributed by atoms with Crippen molar-refractivity contribution >= 4 is 22.9 Å². The Kier molecular flexibility index (Phi) is 3.85. The van der Waals surface area contributed by atoms with Gasteiger partial charge < -0.3 is 14.9 Å². The molecule has 1 fully saturated rings. The first-order valence-corrected chi connectivity index (χ1v) is 7.97. The Morgan fingerprint density at radius 1 is 1.08 bits per heavy atom. The largest absolute Gasteiger partial charge is 0.465 e. The van der Waals surface area contributed by atoms with Crippen molar-refractivity contribution in [3.63, 3.8) is 0 Å². The first-order chi connectivity index (χ1) is 12.2. The number of carbonyl (C=O) groups is 1. The van der Waals surface area contributed by atoms with Gasteiger partial charge in [-0.05, 0) is 24.3 Å². The lowest BCUT2D eigenvalue weighted by atomic mass is 10.2. The average Bonchev–Trinajstić information content (AvgIpc) is 2.68. The van der Waals surface area contributed by atoms with Gasteiger partial charge in [0.05, 0.1) is 11.2 Å². The van der Waals surface area contributed by atoms with Gasteiger partial charge in [0.1, 0.15) is 11.8 Å². The lowest BCUT2D eigenvalue weighted by Crippen LogP contribution is -2.48. The fourth-order valence-corrected chi connectivity index (χ4v) is 2.94. The molecule has 1 N–H and O–H groups in total. The maximum Gasteiger partial charge on any atom is 0.407 e. The molecule has 0 saturated carbocycles. The molecule has 4 heterocycles. The summed E-state index contributed by atoms with van der Waals surface area (Å²) in [5.41, 5.74) is 3.21. The third-order valence-electron chi connectivity index (χ3n) is 4.27. The number of hydrogen-bond acceptors (Lipinski definition) is 6. The molecular formula is C17H16N6O2. The van der Waals surface area contributed by atoms with Crippen LogP contribution in [0.25, 0.3) is 22.3 Å². The smallest absolute Gasteiger partial charge is 0.407 e. The fourth-order valence-electron chi connectivity index (χ4n) is 2.94. The average molecular weight is 336 g/mol. The standard InChI is InChI=1S/C17H16N6O2/c24-17(25)23-8-6-22(7-9-23)16-15-14(19-11-20-16)4-3-13(21-15)12-2-1-5-18-10-12/h1-5,10-11H,6-9H2,(H,24,25). The first-order valence-electron chi connectivity index (χ1n) is 7.97. The molecule has 0 bridgehead atoms. The van der Waals surface area contributed by atoms with Gasteiger partial charge in [0.2, 0.25) is 0 Å². The van der Waals surface area contributed by atoms with E-state index in [1.54, 1.807) is 12.4 Å². The lowest BCUT2D eigenvalue weighted by molar-refractivity contribution is 0.142. The number of fused-ring (bicyclic) bond motifs is 1. The van der Waals surface area contributed by atoms with Gasteiger partial charge in [-0.1, -0.05) is 0 Å². The Morgan fingerprint density at radius 3 is 2.64 bits per heavy atom. The van der Waals surface area contributed by atoms with E-state index in [0.29, 0.717) is 31.7 Å². The summed E-state index contributed by atoms with van der Waals surface area (Å²) in [6.07, 6.45) is 4.13. The Morgan fingerprint density at radius 2 is 1.92 bits per heavy atom. The lowest BCUT2D eigenvalue weighted by Gasteiger charge is -2.33. The number of carboxylic acid groups (broad SMARTS) is 1. The van der Waals surface area contributed by atoms with Crippen LogP contribution in [0.1, 0.15) is 0 Å². The van der Waals surface area contributed by atoms with Gasteiger partial charge in [-0.25, -0.2) is 19.7 Å². The summed E-state index contributed by atoms with van der Waals surface area (Å²) >= 11 is 0. The van der Waals surface area contributed by atoms with E-state index in [4.69, 9.17) is 10.1 Å². The molecule has 0 spiro atoms. The summed E-state index contributed by atoms with van der Waals surface area (Å²) < 4.78 is 0. The monoisotopic (exact) mass is 336 g/mol. The van der Waals surface area contributed by atoms with E-state index in [1.165, 1.54) is 11.2 Å². The quantitative estimate of drug-likeness (QED) is 0.763. The second kappa shape index (κ2) is 6.31. The van der Waals surface area contributed by atoms with Crippen molar-refractivity contribution in [1.82, 2.24) is 24.8 Å². The zero-order chi connectivity index (χ0) is 17.2. The van der Waals surface area contributed by atoms with Crippen LogP contribution in [0.3, 0.4) is 0 Å². The van der Waals surface area contributed by atoms with Crippen LogP contribution in [0.15, 0.2) is 43.0 Å². The molecule has 126 valence electrons. The molecule has 1 saturated heterocycles. The minimum atomic E-state index is -0.885. The molecule has 8 heteroatoms. The van der Waals surface area contributed by atoms with Crippen LogP contribution in [-0.2, 0) is 0 Å². The van der Waals surface area contributed by atoms with Crippen LogP contribution in [0.2, 0.25) is 0 Å². The SMILES string of the molecule is O=C(O)N1CCN(c2ncnc3ccc(-c4cccnc4)nc23)CC1. The fraction of sp³-hybridized carbons (Fsp3) is 0.235. The minimum Gasteiger partial charge on any atom is -0.465 e. The van der Waals surface area contributed by atoms with Crippen LogP contribution in [-0.4, -0.2) is 62.2 Å². The second-order valence-corrected chi connectivity index (χ2v) is 5.76. The highest BCUT2D eigenvalue weighted by Gasteiger charge is 2.23. The Balaban J connectivity index is 1.71. The number of pyridine rings is 2. The van der Waals surface area contributed by atoms with Gasteiger partial charge in [-0.2, -0.15) is 0 Å². The summed E-state index contributed by atoms with van der Waals surface area (Å²) in [6.45, 7) is 2.06. The van der Waals surface area contributed by atoms with Gasteiger partial charge in [0.15, 0.2) is 5.82 Å². The molecule has 1 amide bonds. The van der Waals surface area contributed by atoms with Crippen molar-refractivity contribution in [2.24, 2.45) is 0 Å². The van der Waals surface area contributed by atoms with Crippen molar-refractivity contribution in [3.05, 3.63) is 43.0 Å². The summed E-state index contributed by atoms with van der Waals surface area (Å²) in [4.78, 5) is 32.1. The van der Waals surface area contributed by atoms with E-state index in [-0.39, 0.29) is 0 Å². The topological polar surface area (TPSA) is 95.3 Å². The Hall–Kier alpha value is -3.29. The predicted molar refractivity (Wildman–Crippen MR) is 92.4 cm³/mol. The molecule has 0 atom stereocenters. The first kappa shape index (κ1) is 15.3. The van der Waals surface area contributed by atoms with E-state index >= 15 is 0 Å². The molecule has 3 aromatic rings. The van der Waals surface area contributed by atoms with E-state index in [1.807, 2.05) is 24.3 Å². The van der Waals surface area contributed by atoms with Crippen molar-refractivity contribution in [1.29, 1.82) is 0 Å². The highest BCUT2D eigenvalue weighted by molar-refractivity contribution is 5.87. The molecule has 0 aliphatic carbocycles. The number of aromatic nitrogens is 4. The van der Waals surface area contributed by atoms with E-state index in [0.717, 1.165) is 22.6 Å². The Bertz CT molecular complexity index is 909. The number of nitrogens with zero attached hydrogens (tertiary/aromatic N) is 6. The van der Waals surface area contributed by atoms with Gasteiger partial charge >= 0.3 is 6.09 Å². The molecular weight excluding hydrogens is 320 g/mol. The summed E-state index contributed by atoms with van der Waals surface area (Å²) in [5, 5.41) is 9.09. The highest BCUT2D eigenvalue weighted by Crippen LogP contribution is 2.25. The molecule has 1 aliphatic heterocycles. The number of amides is 1. The second-order valence-electron chi connectivity index (χ2n) is 5.76. The number of rotatable bonds is 2. The molecule has 8 nitrogen and oxygen atoms in total. The van der Waals surface area contributed by atoms with Crippen molar-refractivity contribution < 1.29 is 9.90 Å². The van der Waals surface area contributed by atoms with Crippen molar-refractivity contribution in [3.8, 4) is 11.3 Å². The summed E-state index contributed by atoms with van der Waals surface area (Å²) in [6, 6.07) is 7.66. The predicted octanol–water partition coefficient (Wildman–Crippen LogP) is 1.89. The van der Waals surface area contributed by atoms with Crippen molar-refractivity contribution in [2.45, 2.75) is 0 Å². The van der Waals surface area contributed by atoms with Crippen LogP contribution in [0.4, 0.5) is 10.6 Å². The number of piperazine rings is 1. The maximum atomic E-state index is 11.1. The van der Waals surface area contributed by atoms with E-state index in [9.17, 15) is 4.79 Å². The minimum absolute atomic E-state index is 0.448. The van der Waals surface area contributed by atoms with Gasteiger partial charge in [0.25, 0.3) is 0 Å². The van der Waals surface area contributed by atoms with Gasteiger partial charge in [-0.3, -0.25) is 4.98 Å². The Labute approximate surface area is 143 Å². The van der Waals surface area contributed by atoms with Crippen molar-refractivity contribution in [2.75, 3.05) is 31.1 Å². The normalized spacial score (nSPS) is 14.7. The molecule has 0 unspecified atom stereocenters. The molecule has 0 radical (unpaired) electrons. The number of anilines is 1. The molecule has 25 heavy (non-hydrogen) atoms. The molecule has 1 aliphatic rings. The molecule has 0 aromatic carbocycles. The third-order valence-corrected chi connectivity index (χ3v) is 4.27. The molecule has 4 rings (SSSR count). The summed E-state index contributed by atoms with van der Waals surface area (Å²) in [5.74, 6) is 0.737. The highest BCUT2D eigenvalue weighted by atomic mass is 16.4. The van der Waals surface area contributed by atoms with Crippen LogP contribution >= 0.6 is 0 Å². The zero-order valence-corrected chi connectivity index (χ0v) is 13.4. The molecule has 3 aromatic heterocycles. The summed E-state index contributed by atoms with van der Waals surface area (Å²) in [7, 11) is 0. The third kappa shape index (κ3) is 2.93. The van der Waals surface area contributed by atoms with Crippen LogP contribution < -0.4 is 4.90 Å². The van der Waals surface area contributed by atoms with E-state index < -0.39 is 6.09 Å². The van der Waals surface area contributed by atoms with Gasteiger partial charge in [-0.15, -0.1) is 0 Å². The van der Waals surface area contributed by atoms with Crippen LogP contribution in [0.5, 0.6) is 0 Å². The zero-order valence-electron chi connectivity index (χ0n) is 13.4. The van der Waals surface area contributed by atoms with E-state index in [2.05, 4.69) is 19.9 Å². The van der Waals surface area contributed by atoms with Crippen LogP contribution in [0, 0.1) is 0 Å². The maximum absolute atomic E-state index is 11.1. The van der Waals surface area contributed by atoms with Gasteiger partial charge in [0, 0.05) is 44.1 Å².